The Morgan fingerprint density at radius 1 is 1.00 bits per heavy atom. The first-order chi connectivity index (χ1) is 15.2. The summed E-state index contributed by atoms with van der Waals surface area (Å²) in [7, 11) is 0. The van der Waals surface area contributed by atoms with E-state index in [-0.39, 0.29) is 19.5 Å². The molecule has 0 bridgehead atoms. The predicted octanol–water partition coefficient (Wildman–Crippen LogP) is 4.00. The molecule has 0 spiro atoms. The zero-order valence-electron chi connectivity index (χ0n) is 16.7. The number of amides is 1. The fraction of sp³-hybridized carbons (Fsp3) is 0.208. The molecule has 2 aromatic carbocycles. The maximum Gasteiger partial charge on any atom is 0.318 e. The Hall–Kier alpha value is -4.05. The van der Waals surface area contributed by atoms with Crippen LogP contribution in [0.15, 0.2) is 71.3 Å². The maximum absolute atomic E-state index is 13.1. The summed E-state index contributed by atoms with van der Waals surface area (Å²) in [5, 5.41) is 8.89. The van der Waals surface area contributed by atoms with Crippen LogP contribution in [0.2, 0.25) is 0 Å². The largest absolute Gasteiger partial charge is 0.467 e. The van der Waals surface area contributed by atoms with Gasteiger partial charge in [0.2, 0.25) is 0 Å². The fourth-order valence-corrected chi connectivity index (χ4v) is 3.54. The average molecular weight is 416 g/mol. The third kappa shape index (κ3) is 4.43. The van der Waals surface area contributed by atoms with E-state index in [2.05, 4.69) is 0 Å². The van der Waals surface area contributed by atoms with E-state index in [9.17, 15) is 9.59 Å². The van der Waals surface area contributed by atoms with E-state index in [0.717, 1.165) is 0 Å². The standard InChI is InChI=1S/C24H20N2O5/c25-12-6-13-26(15-17-7-5-14-29-17)22(27)16-30-24(28)23-18-8-1-3-10-20(18)31-21-11-4-2-9-19(21)23/h1-5,7-11,14,23H,6,13,15-16H2. The number of furan rings is 1. The molecule has 0 unspecified atom stereocenters. The van der Waals surface area contributed by atoms with Crippen molar-refractivity contribution in [2.24, 2.45) is 0 Å². The summed E-state index contributed by atoms with van der Waals surface area (Å²) in [4.78, 5) is 27.2. The van der Waals surface area contributed by atoms with Crippen molar-refractivity contribution >= 4 is 11.9 Å². The molecule has 31 heavy (non-hydrogen) atoms. The van der Waals surface area contributed by atoms with Crippen LogP contribution < -0.4 is 4.74 Å². The van der Waals surface area contributed by atoms with Gasteiger partial charge in [-0.3, -0.25) is 9.59 Å². The van der Waals surface area contributed by atoms with Gasteiger partial charge in [-0.25, -0.2) is 0 Å². The predicted molar refractivity (Wildman–Crippen MR) is 110 cm³/mol. The lowest BCUT2D eigenvalue weighted by molar-refractivity contribution is -0.153. The lowest BCUT2D eigenvalue weighted by Crippen LogP contribution is -2.35. The Morgan fingerprint density at radius 2 is 1.68 bits per heavy atom. The Morgan fingerprint density at radius 3 is 2.29 bits per heavy atom. The highest BCUT2D eigenvalue weighted by molar-refractivity contribution is 5.87. The Balaban J connectivity index is 1.49. The molecule has 1 amide bonds. The molecule has 1 aliphatic rings. The van der Waals surface area contributed by atoms with Crippen molar-refractivity contribution in [2.75, 3.05) is 13.2 Å². The maximum atomic E-state index is 13.1. The minimum atomic E-state index is -0.688. The quantitative estimate of drug-likeness (QED) is 0.541. The number of ether oxygens (including phenoxy) is 2. The van der Waals surface area contributed by atoms with Crippen LogP contribution in [-0.4, -0.2) is 29.9 Å². The molecule has 0 saturated heterocycles. The molecule has 7 heteroatoms. The lowest BCUT2D eigenvalue weighted by atomic mass is 9.88. The summed E-state index contributed by atoms with van der Waals surface area (Å²) in [6.07, 6.45) is 1.68. The fourth-order valence-electron chi connectivity index (χ4n) is 3.54. The summed E-state index contributed by atoms with van der Waals surface area (Å²) >= 11 is 0. The topological polar surface area (TPSA) is 92.8 Å². The first-order valence-electron chi connectivity index (χ1n) is 9.87. The van der Waals surface area contributed by atoms with Crippen molar-refractivity contribution in [3.8, 4) is 17.6 Å². The number of para-hydroxylation sites is 2. The number of benzene rings is 2. The number of nitrogens with zero attached hydrogens (tertiary/aromatic N) is 2. The van der Waals surface area contributed by atoms with Crippen LogP contribution in [0, 0.1) is 11.3 Å². The third-order valence-corrected chi connectivity index (χ3v) is 5.03. The van der Waals surface area contributed by atoms with Crippen molar-refractivity contribution < 1.29 is 23.5 Å². The van der Waals surface area contributed by atoms with Crippen LogP contribution in [0.25, 0.3) is 0 Å². The monoisotopic (exact) mass is 416 g/mol. The van der Waals surface area contributed by atoms with Gasteiger partial charge in [-0.2, -0.15) is 5.26 Å². The molecule has 0 atom stereocenters. The highest BCUT2D eigenvalue weighted by Gasteiger charge is 2.34. The number of hydrogen-bond acceptors (Lipinski definition) is 6. The Labute approximate surface area is 179 Å². The van der Waals surface area contributed by atoms with Gasteiger partial charge in [0.15, 0.2) is 6.61 Å². The first kappa shape index (κ1) is 20.2. The van der Waals surface area contributed by atoms with Gasteiger partial charge in [-0.1, -0.05) is 36.4 Å². The zero-order chi connectivity index (χ0) is 21.6. The van der Waals surface area contributed by atoms with Crippen LogP contribution in [0.5, 0.6) is 11.5 Å². The summed E-state index contributed by atoms with van der Waals surface area (Å²) in [5.74, 6) is 0.144. The van der Waals surface area contributed by atoms with Gasteiger partial charge < -0.3 is 18.8 Å². The number of carbonyl (C=O) groups is 2. The normalized spacial score (nSPS) is 12.1. The van der Waals surface area contributed by atoms with Gasteiger partial charge in [0.25, 0.3) is 5.91 Å². The lowest BCUT2D eigenvalue weighted by Gasteiger charge is -2.27. The molecule has 0 aliphatic carbocycles. The second-order valence-electron chi connectivity index (χ2n) is 7.02. The van der Waals surface area contributed by atoms with Crippen LogP contribution in [-0.2, 0) is 20.9 Å². The van der Waals surface area contributed by atoms with E-state index < -0.39 is 24.4 Å². The number of nitriles is 1. The van der Waals surface area contributed by atoms with Crippen molar-refractivity contribution in [1.82, 2.24) is 4.90 Å². The first-order valence-corrected chi connectivity index (χ1v) is 9.87. The van der Waals surface area contributed by atoms with Crippen molar-refractivity contribution in [2.45, 2.75) is 18.9 Å². The second-order valence-corrected chi connectivity index (χ2v) is 7.02. The van der Waals surface area contributed by atoms with E-state index in [1.807, 2.05) is 42.5 Å². The van der Waals surface area contributed by atoms with E-state index in [0.29, 0.717) is 28.4 Å². The van der Waals surface area contributed by atoms with Crippen molar-refractivity contribution in [3.63, 3.8) is 0 Å². The average Bonchev–Trinajstić information content (AvgIpc) is 3.31. The number of rotatable bonds is 7. The van der Waals surface area contributed by atoms with Gasteiger partial charge in [-0.15, -0.1) is 0 Å². The molecular formula is C24H20N2O5. The van der Waals surface area contributed by atoms with Crippen LogP contribution >= 0.6 is 0 Å². The van der Waals surface area contributed by atoms with Crippen LogP contribution in [0.1, 0.15) is 29.2 Å². The molecule has 7 nitrogen and oxygen atoms in total. The van der Waals surface area contributed by atoms with Crippen molar-refractivity contribution in [3.05, 3.63) is 83.8 Å². The van der Waals surface area contributed by atoms with E-state index in [1.165, 1.54) is 11.2 Å². The summed E-state index contributed by atoms with van der Waals surface area (Å²) in [6.45, 7) is -0.00280. The van der Waals surface area contributed by atoms with Gasteiger partial charge in [0.05, 0.1) is 25.3 Å². The molecular weight excluding hydrogens is 396 g/mol. The number of esters is 1. The highest BCUT2D eigenvalue weighted by atomic mass is 16.5. The number of fused-ring (bicyclic) bond motifs is 2. The van der Waals surface area contributed by atoms with Crippen LogP contribution in [0.3, 0.4) is 0 Å². The summed E-state index contributed by atoms with van der Waals surface area (Å²) < 4.78 is 16.6. The molecule has 0 fully saturated rings. The molecule has 1 aliphatic heterocycles. The van der Waals surface area contributed by atoms with Gasteiger partial charge >= 0.3 is 5.97 Å². The molecule has 2 heterocycles. The van der Waals surface area contributed by atoms with Gasteiger partial charge in [0, 0.05) is 17.7 Å². The van der Waals surface area contributed by atoms with Gasteiger partial charge in [0.1, 0.15) is 23.2 Å². The molecule has 1 aromatic heterocycles. The summed E-state index contributed by atoms with van der Waals surface area (Å²) in [5.41, 5.74) is 1.38. The Bertz CT molecular complexity index is 1070. The highest BCUT2D eigenvalue weighted by Crippen LogP contribution is 2.44. The minimum Gasteiger partial charge on any atom is -0.467 e. The van der Waals surface area contributed by atoms with Gasteiger partial charge in [-0.05, 0) is 24.3 Å². The summed E-state index contributed by atoms with van der Waals surface area (Å²) in [6, 6.07) is 20.0. The number of carbonyl (C=O) groups excluding carboxylic acids is 2. The van der Waals surface area contributed by atoms with Crippen LogP contribution in [0.4, 0.5) is 0 Å². The van der Waals surface area contributed by atoms with E-state index in [4.69, 9.17) is 19.2 Å². The second kappa shape index (κ2) is 9.18. The number of hydrogen-bond donors (Lipinski definition) is 0. The molecule has 0 saturated carbocycles. The SMILES string of the molecule is N#CCCN(Cc1ccco1)C(=O)COC(=O)C1c2ccccc2Oc2ccccc21. The van der Waals surface area contributed by atoms with Crippen molar-refractivity contribution in [1.29, 1.82) is 5.26 Å². The zero-order valence-corrected chi connectivity index (χ0v) is 16.7. The third-order valence-electron chi connectivity index (χ3n) is 5.03. The smallest absolute Gasteiger partial charge is 0.318 e. The molecule has 4 rings (SSSR count). The molecule has 0 radical (unpaired) electrons. The Kier molecular flexibility index (Phi) is 5.99. The molecule has 156 valence electrons. The van der Waals surface area contributed by atoms with E-state index >= 15 is 0 Å². The molecule has 3 aromatic rings. The van der Waals surface area contributed by atoms with E-state index in [1.54, 1.807) is 24.3 Å². The molecule has 0 N–H and O–H groups in total. The minimum absolute atomic E-state index is 0.168.